The van der Waals surface area contributed by atoms with Gasteiger partial charge in [-0.2, -0.15) is 0 Å². The van der Waals surface area contributed by atoms with Crippen molar-refractivity contribution >= 4 is 5.84 Å². The van der Waals surface area contributed by atoms with Crippen LogP contribution in [0.1, 0.15) is 13.8 Å². The highest BCUT2D eigenvalue weighted by molar-refractivity contribution is 5.80. The van der Waals surface area contributed by atoms with Crippen molar-refractivity contribution in [2.24, 2.45) is 4.99 Å². The lowest BCUT2D eigenvalue weighted by Gasteiger charge is -1.93. The lowest BCUT2D eigenvalue weighted by molar-refractivity contribution is 1.21. The average Bonchev–Trinajstić information content (AvgIpc) is 1.83. The molecule has 0 heterocycles. The highest BCUT2D eigenvalue weighted by Gasteiger charge is 1.75. The van der Waals surface area contributed by atoms with Crippen molar-refractivity contribution in [3.8, 4) is 0 Å². The van der Waals surface area contributed by atoms with Crippen molar-refractivity contribution < 1.29 is 0 Å². The summed E-state index contributed by atoms with van der Waals surface area (Å²) in [5.74, 6) is 0.933. The van der Waals surface area contributed by atoms with Crippen LogP contribution in [0, 0.1) is 0 Å². The van der Waals surface area contributed by atoms with E-state index < -0.39 is 0 Å². The van der Waals surface area contributed by atoms with E-state index in [1.54, 1.807) is 7.05 Å². The molecule has 0 saturated heterocycles. The van der Waals surface area contributed by atoms with Crippen molar-refractivity contribution in [2.45, 2.75) is 13.8 Å². The van der Waals surface area contributed by atoms with E-state index in [-0.39, 0.29) is 0 Å². The molecule has 0 aromatic carbocycles. The maximum absolute atomic E-state index is 3.88. The van der Waals surface area contributed by atoms with Crippen LogP contribution in [0.4, 0.5) is 0 Å². The summed E-state index contributed by atoms with van der Waals surface area (Å²) in [5, 5.41) is 2.95. The van der Waals surface area contributed by atoms with Crippen LogP contribution in [-0.4, -0.2) is 12.9 Å². The molecule has 0 spiro atoms. The molecule has 0 aliphatic heterocycles. The molecule has 0 aliphatic rings. The van der Waals surface area contributed by atoms with Crippen LogP contribution < -0.4 is 5.32 Å². The fourth-order valence-electron chi connectivity index (χ4n) is 0.268. The average molecular weight is 112 g/mol. The van der Waals surface area contributed by atoms with E-state index in [2.05, 4.69) is 10.3 Å². The fraction of sp³-hybridized carbons (Fsp3) is 0.500. The Bertz CT molecular complexity index is 103. The van der Waals surface area contributed by atoms with Gasteiger partial charge in [-0.25, -0.2) is 0 Å². The second-order valence-electron chi connectivity index (χ2n) is 1.45. The Morgan fingerprint density at radius 1 is 1.62 bits per heavy atom. The molecule has 0 aromatic heterocycles. The van der Waals surface area contributed by atoms with E-state index in [4.69, 9.17) is 0 Å². The highest BCUT2D eigenvalue weighted by Crippen LogP contribution is 1.67. The Morgan fingerprint density at radius 3 is 2.62 bits per heavy atom. The van der Waals surface area contributed by atoms with Crippen molar-refractivity contribution in [1.82, 2.24) is 5.32 Å². The zero-order valence-electron chi connectivity index (χ0n) is 5.60. The van der Waals surface area contributed by atoms with Crippen molar-refractivity contribution in [2.75, 3.05) is 7.05 Å². The summed E-state index contributed by atoms with van der Waals surface area (Å²) in [7, 11) is 1.76. The Morgan fingerprint density at radius 2 is 2.25 bits per heavy atom. The van der Waals surface area contributed by atoms with Crippen LogP contribution in [0.2, 0.25) is 0 Å². The number of allylic oxidation sites excluding steroid dienone is 1. The molecule has 0 aliphatic carbocycles. The van der Waals surface area contributed by atoms with E-state index in [9.17, 15) is 0 Å². The molecule has 0 rings (SSSR count). The number of rotatable bonds is 1. The van der Waals surface area contributed by atoms with Gasteiger partial charge < -0.3 is 5.32 Å². The smallest absolute Gasteiger partial charge is 0.0967 e. The molecular formula is C6H12N2. The number of aliphatic imine (C=N–C) groups is 1. The van der Waals surface area contributed by atoms with E-state index in [1.807, 2.05) is 26.1 Å². The molecule has 0 fully saturated rings. The Labute approximate surface area is 50.3 Å². The van der Waals surface area contributed by atoms with Gasteiger partial charge in [0.25, 0.3) is 0 Å². The molecule has 0 saturated carbocycles. The summed E-state index contributed by atoms with van der Waals surface area (Å²) in [6.45, 7) is 3.87. The maximum Gasteiger partial charge on any atom is 0.0967 e. The number of amidine groups is 1. The van der Waals surface area contributed by atoms with Crippen molar-refractivity contribution in [3.05, 3.63) is 12.3 Å². The summed E-state index contributed by atoms with van der Waals surface area (Å²) in [4.78, 5) is 3.88. The van der Waals surface area contributed by atoms with Crippen LogP contribution in [0.25, 0.3) is 0 Å². The van der Waals surface area contributed by atoms with Crippen LogP contribution in [0.15, 0.2) is 17.3 Å². The van der Waals surface area contributed by atoms with Crippen LogP contribution in [0.5, 0.6) is 0 Å². The molecule has 0 bridgehead atoms. The maximum atomic E-state index is 3.88. The molecule has 1 N–H and O–H groups in total. The van der Waals surface area contributed by atoms with Crippen molar-refractivity contribution in [3.63, 3.8) is 0 Å². The third-order valence-corrected chi connectivity index (χ3v) is 0.794. The molecule has 0 atom stereocenters. The van der Waals surface area contributed by atoms with Gasteiger partial charge >= 0.3 is 0 Å². The lowest BCUT2D eigenvalue weighted by Crippen LogP contribution is -2.11. The molecule has 8 heavy (non-hydrogen) atoms. The third-order valence-electron chi connectivity index (χ3n) is 0.794. The Kier molecular flexibility index (Phi) is 3.94. The number of nitrogens with one attached hydrogen (secondary N) is 1. The summed E-state index contributed by atoms with van der Waals surface area (Å²) >= 11 is 0. The first-order valence-corrected chi connectivity index (χ1v) is 2.62. The van der Waals surface area contributed by atoms with Crippen LogP contribution in [-0.2, 0) is 0 Å². The number of nitrogens with zero attached hydrogens (tertiary/aromatic N) is 1. The van der Waals surface area contributed by atoms with E-state index >= 15 is 0 Å². The molecule has 2 heteroatoms. The van der Waals surface area contributed by atoms with E-state index in [1.165, 1.54) is 0 Å². The van der Waals surface area contributed by atoms with Gasteiger partial charge in [0.1, 0.15) is 0 Å². The topological polar surface area (TPSA) is 24.4 Å². The van der Waals surface area contributed by atoms with Crippen LogP contribution in [0.3, 0.4) is 0 Å². The fourth-order valence-corrected chi connectivity index (χ4v) is 0.268. The highest BCUT2D eigenvalue weighted by atomic mass is 14.9. The first-order valence-electron chi connectivity index (χ1n) is 2.62. The molecule has 2 nitrogen and oxygen atoms in total. The molecule has 0 radical (unpaired) electrons. The zero-order valence-corrected chi connectivity index (χ0v) is 5.60. The minimum Gasteiger partial charge on any atom is -0.351 e. The van der Waals surface area contributed by atoms with Crippen molar-refractivity contribution in [1.29, 1.82) is 0 Å². The van der Waals surface area contributed by atoms with Gasteiger partial charge in [0.05, 0.1) is 5.84 Å². The molecule has 0 amide bonds. The number of hydrogen-bond acceptors (Lipinski definition) is 1. The quantitative estimate of drug-likeness (QED) is 0.399. The second kappa shape index (κ2) is 4.37. The Balaban J connectivity index is 3.40. The van der Waals surface area contributed by atoms with E-state index in [0.29, 0.717) is 0 Å². The van der Waals surface area contributed by atoms with Crippen LogP contribution >= 0.6 is 0 Å². The predicted octanol–water partition coefficient (Wildman–Crippen LogP) is 1.16. The van der Waals surface area contributed by atoms with Gasteiger partial charge in [0, 0.05) is 7.05 Å². The Hall–Kier alpha value is -0.790. The zero-order chi connectivity index (χ0) is 6.41. The summed E-state index contributed by atoms with van der Waals surface area (Å²) in [5.41, 5.74) is 0. The number of hydrogen-bond donors (Lipinski definition) is 1. The van der Waals surface area contributed by atoms with Gasteiger partial charge in [-0.05, 0) is 20.0 Å². The van der Waals surface area contributed by atoms with Gasteiger partial charge in [0.2, 0.25) is 0 Å². The summed E-state index contributed by atoms with van der Waals surface area (Å²) < 4.78 is 0. The predicted molar refractivity (Wildman–Crippen MR) is 37.0 cm³/mol. The third kappa shape index (κ3) is 3.40. The largest absolute Gasteiger partial charge is 0.351 e. The van der Waals surface area contributed by atoms with Gasteiger partial charge in [-0.1, -0.05) is 6.08 Å². The minimum atomic E-state index is 0.933. The summed E-state index contributed by atoms with van der Waals surface area (Å²) in [6.07, 6.45) is 3.77. The molecule has 0 unspecified atom stereocenters. The molecule has 46 valence electrons. The standard InChI is InChI=1S/C6H12N2/c1-4-5-8-6(2)7-3/h4-5H,1-3H3,(H,7,8)/b5-4+. The normalized spacial score (nSPS) is 12.6. The molecular weight excluding hydrogens is 100 g/mol. The monoisotopic (exact) mass is 112 g/mol. The second-order valence-corrected chi connectivity index (χ2v) is 1.45. The van der Waals surface area contributed by atoms with Gasteiger partial charge in [-0.15, -0.1) is 0 Å². The first-order chi connectivity index (χ1) is 3.81. The van der Waals surface area contributed by atoms with Gasteiger partial charge in [0.15, 0.2) is 0 Å². The van der Waals surface area contributed by atoms with Gasteiger partial charge in [-0.3, -0.25) is 4.99 Å². The SMILES string of the molecule is C/C=C/NC(C)=NC. The minimum absolute atomic E-state index is 0.933. The van der Waals surface area contributed by atoms with E-state index in [0.717, 1.165) is 5.84 Å². The lowest BCUT2D eigenvalue weighted by atomic mass is 10.6. The summed E-state index contributed by atoms with van der Waals surface area (Å²) in [6, 6.07) is 0. The molecule has 0 aromatic rings. The first kappa shape index (κ1) is 7.21.